The quantitative estimate of drug-likeness (QED) is 0.767. The molecule has 6 heteroatoms. The molecule has 0 radical (unpaired) electrons. The van der Waals surface area contributed by atoms with Crippen molar-refractivity contribution in [2.24, 2.45) is 0 Å². The van der Waals surface area contributed by atoms with E-state index in [1.54, 1.807) is 0 Å². The lowest BCUT2D eigenvalue weighted by Crippen LogP contribution is -2.23. The maximum absolute atomic E-state index is 11.7. The molecule has 0 saturated carbocycles. The molecular weight excluding hydrogens is 326 g/mol. The van der Waals surface area contributed by atoms with Crippen LogP contribution >= 0.6 is 0 Å². The van der Waals surface area contributed by atoms with E-state index in [1.807, 2.05) is 59.5 Å². The van der Waals surface area contributed by atoms with Crippen molar-refractivity contribution in [2.45, 2.75) is 19.4 Å². The largest absolute Gasteiger partial charge is 0.338 e. The Morgan fingerprint density at radius 2 is 1.81 bits per heavy atom. The summed E-state index contributed by atoms with van der Waals surface area (Å²) in [5.74, 6) is 1.37. The van der Waals surface area contributed by atoms with Gasteiger partial charge >= 0.3 is 0 Å². The minimum absolute atomic E-state index is 0.242. The van der Waals surface area contributed by atoms with Gasteiger partial charge in [0.1, 0.15) is 6.33 Å². The second-order valence-corrected chi connectivity index (χ2v) is 6.24. The number of rotatable bonds is 5. The molecule has 2 heterocycles. The van der Waals surface area contributed by atoms with Crippen LogP contribution < -0.4 is 5.32 Å². The third-order valence-electron chi connectivity index (χ3n) is 4.36. The second-order valence-electron chi connectivity index (χ2n) is 6.24. The number of likely N-dealkylation sites (tertiary alicyclic amines) is 1. The maximum Gasteiger partial charge on any atom is 0.230 e. The van der Waals surface area contributed by atoms with Crippen molar-refractivity contribution in [3.8, 4) is 11.4 Å². The molecular formula is C20H19N5O. The van der Waals surface area contributed by atoms with Crippen LogP contribution in [0.15, 0.2) is 60.9 Å². The molecule has 26 heavy (non-hydrogen) atoms. The van der Waals surface area contributed by atoms with Gasteiger partial charge < -0.3 is 10.2 Å². The summed E-state index contributed by atoms with van der Waals surface area (Å²) in [6.07, 6.45) is 3.13. The van der Waals surface area contributed by atoms with E-state index in [1.165, 1.54) is 6.33 Å². The maximum atomic E-state index is 11.7. The van der Waals surface area contributed by atoms with Crippen molar-refractivity contribution < 1.29 is 4.79 Å². The van der Waals surface area contributed by atoms with E-state index in [4.69, 9.17) is 0 Å². The van der Waals surface area contributed by atoms with Gasteiger partial charge in [0, 0.05) is 30.8 Å². The van der Waals surface area contributed by atoms with Crippen LogP contribution in [0.4, 0.5) is 11.6 Å². The lowest BCUT2D eigenvalue weighted by molar-refractivity contribution is -0.128. The summed E-state index contributed by atoms with van der Waals surface area (Å²) in [5, 5.41) is 3.20. The minimum atomic E-state index is 0.242. The zero-order chi connectivity index (χ0) is 17.8. The van der Waals surface area contributed by atoms with Gasteiger partial charge in [-0.05, 0) is 24.1 Å². The van der Waals surface area contributed by atoms with E-state index >= 15 is 0 Å². The third kappa shape index (κ3) is 3.69. The first kappa shape index (κ1) is 16.2. The second kappa shape index (κ2) is 7.31. The normalized spacial score (nSPS) is 13.8. The highest BCUT2D eigenvalue weighted by molar-refractivity contribution is 5.78. The third-order valence-corrected chi connectivity index (χ3v) is 4.36. The lowest BCUT2D eigenvalue weighted by Gasteiger charge is -2.15. The number of amides is 1. The summed E-state index contributed by atoms with van der Waals surface area (Å²) < 4.78 is 0. The molecule has 2 aromatic carbocycles. The Morgan fingerprint density at radius 3 is 2.54 bits per heavy atom. The summed E-state index contributed by atoms with van der Waals surface area (Å²) in [6.45, 7) is 1.52. The predicted octanol–water partition coefficient (Wildman–Crippen LogP) is 3.40. The van der Waals surface area contributed by atoms with Gasteiger partial charge in [-0.1, -0.05) is 42.5 Å². The van der Waals surface area contributed by atoms with Crippen LogP contribution in [0.25, 0.3) is 11.4 Å². The number of aromatic nitrogens is 3. The zero-order valence-corrected chi connectivity index (χ0v) is 14.3. The molecule has 1 amide bonds. The molecule has 0 unspecified atom stereocenters. The molecule has 0 bridgehead atoms. The molecule has 0 spiro atoms. The van der Waals surface area contributed by atoms with Gasteiger partial charge in [0.05, 0.1) is 0 Å². The van der Waals surface area contributed by atoms with Crippen LogP contribution in [-0.4, -0.2) is 32.3 Å². The Morgan fingerprint density at radius 1 is 1.00 bits per heavy atom. The molecule has 1 aromatic heterocycles. The van der Waals surface area contributed by atoms with Crippen LogP contribution in [0.5, 0.6) is 0 Å². The lowest BCUT2D eigenvalue weighted by atomic mass is 10.2. The standard InChI is InChI=1S/C20H19N5O/c26-18-7-4-12-25(18)13-15-8-10-17(11-9-15)23-20-22-14-21-19(24-20)16-5-2-1-3-6-16/h1-3,5-6,8-11,14H,4,7,12-13H2,(H,21,22,23,24). The Hall–Kier alpha value is -3.28. The molecule has 1 fully saturated rings. The van der Waals surface area contributed by atoms with Crippen LogP contribution in [0.2, 0.25) is 0 Å². The average Bonchev–Trinajstić information content (AvgIpc) is 3.09. The number of carbonyl (C=O) groups excluding carboxylic acids is 1. The minimum Gasteiger partial charge on any atom is -0.338 e. The molecule has 0 aliphatic carbocycles. The van der Waals surface area contributed by atoms with E-state index in [0.717, 1.165) is 29.8 Å². The smallest absolute Gasteiger partial charge is 0.230 e. The summed E-state index contributed by atoms with van der Waals surface area (Å²) >= 11 is 0. The fraction of sp³-hybridized carbons (Fsp3) is 0.200. The fourth-order valence-corrected chi connectivity index (χ4v) is 3.00. The highest BCUT2D eigenvalue weighted by Crippen LogP contribution is 2.19. The highest BCUT2D eigenvalue weighted by atomic mass is 16.2. The molecule has 3 aromatic rings. The Balaban J connectivity index is 1.45. The van der Waals surface area contributed by atoms with E-state index in [0.29, 0.717) is 24.7 Å². The molecule has 1 aliphatic heterocycles. The summed E-state index contributed by atoms with van der Waals surface area (Å²) in [6, 6.07) is 17.8. The van der Waals surface area contributed by atoms with Gasteiger partial charge in [-0.2, -0.15) is 4.98 Å². The van der Waals surface area contributed by atoms with Crippen molar-refractivity contribution in [1.82, 2.24) is 19.9 Å². The van der Waals surface area contributed by atoms with Crippen molar-refractivity contribution in [1.29, 1.82) is 0 Å². The Kier molecular flexibility index (Phi) is 4.55. The zero-order valence-electron chi connectivity index (χ0n) is 14.3. The number of hydrogen-bond acceptors (Lipinski definition) is 5. The van der Waals surface area contributed by atoms with Crippen molar-refractivity contribution >= 4 is 17.5 Å². The Labute approximate surface area is 151 Å². The van der Waals surface area contributed by atoms with E-state index in [-0.39, 0.29) is 5.91 Å². The Bertz CT molecular complexity index is 896. The number of nitrogens with one attached hydrogen (secondary N) is 1. The van der Waals surface area contributed by atoms with Gasteiger partial charge in [0.2, 0.25) is 11.9 Å². The van der Waals surface area contributed by atoms with Crippen LogP contribution in [-0.2, 0) is 11.3 Å². The summed E-state index contributed by atoms with van der Waals surface area (Å²) in [7, 11) is 0. The van der Waals surface area contributed by atoms with Crippen molar-refractivity contribution in [2.75, 3.05) is 11.9 Å². The van der Waals surface area contributed by atoms with Gasteiger partial charge in [0.15, 0.2) is 5.82 Å². The molecule has 6 nitrogen and oxygen atoms in total. The molecule has 130 valence electrons. The molecule has 0 atom stereocenters. The summed E-state index contributed by atoms with van der Waals surface area (Å²) in [4.78, 5) is 26.5. The number of benzene rings is 2. The molecule has 1 aliphatic rings. The van der Waals surface area contributed by atoms with Crippen LogP contribution in [0.3, 0.4) is 0 Å². The first-order valence-electron chi connectivity index (χ1n) is 8.66. The predicted molar refractivity (Wildman–Crippen MR) is 99.6 cm³/mol. The van der Waals surface area contributed by atoms with Gasteiger partial charge in [-0.15, -0.1) is 0 Å². The monoisotopic (exact) mass is 345 g/mol. The highest BCUT2D eigenvalue weighted by Gasteiger charge is 2.19. The number of nitrogens with zero attached hydrogens (tertiary/aromatic N) is 4. The first-order chi connectivity index (χ1) is 12.8. The number of carbonyl (C=O) groups is 1. The van der Waals surface area contributed by atoms with Gasteiger partial charge in [-0.3, -0.25) is 4.79 Å². The van der Waals surface area contributed by atoms with E-state index in [2.05, 4.69) is 20.3 Å². The summed E-state index contributed by atoms with van der Waals surface area (Å²) in [5.41, 5.74) is 2.96. The molecule has 1 N–H and O–H groups in total. The SMILES string of the molecule is O=C1CCCN1Cc1ccc(Nc2ncnc(-c3ccccc3)n2)cc1. The fourth-order valence-electron chi connectivity index (χ4n) is 3.00. The number of anilines is 2. The molecule has 1 saturated heterocycles. The van der Waals surface area contributed by atoms with Gasteiger partial charge in [-0.25, -0.2) is 9.97 Å². The van der Waals surface area contributed by atoms with Crippen LogP contribution in [0.1, 0.15) is 18.4 Å². The average molecular weight is 345 g/mol. The van der Waals surface area contributed by atoms with Gasteiger partial charge in [0.25, 0.3) is 0 Å². The molecule has 4 rings (SSSR count). The van der Waals surface area contributed by atoms with Crippen molar-refractivity contribution in [3.05, 3.63) is 66.5 Å². The topological polar surface area (TPSA) is 71.0 Å². The van der Waals surface area contributed by atoms with Crippen LogP contribution in [0, 0.1) is 0 Å². The van der Waals surface area contributed by atoms with E-state index < -0.39 is 0 Å². The first-order valence-corrected chi connectivity index (χ1v) is 8.66. The number of hydrogen-bond donors (Lipinski definition) is 1. The van der Waals surface area contributed by atoms with E-state index in [9.17, 15) is 4.79 Å². The van der Waals surface area contributed by atoms with Crippen molar-refractivity contribution in [3.63, 3.8) is 0 Å².